The summed E-state index contributed by atoms with van der Waals surface area (Å²) in [6, 6.07) is 6.08. The van der Waals surface area contributed by atoms with E-state index >= 15 is 0 Å². The van der Waals surface area contributed by atoms with Crippen molar-refractivity contribution in [2.24, 2.45) is 0 Å². The molecule has 20 heavy (non-hydrogen) atoms. The van der Waals surface area contributed by atoms with E-state index in [0.717, 1.165) is 11.5 Å². The minimum Gasteiger partial charge on any atom is -0.434 e. The van der Waals surface area contributed by atoms with Gasteiger partial charge in [-0.05, 0) is 31.2 Å². The molecule has 0 radical (unpaired) electrons. The van der Waals surface area contributed by atoms with Crippen LogP contribution in [0.3, 0.4) is 0 Å². The molecule has 0 aliphatic rings. The van der Waals surface area contributed by atoms with E-state index in [2.05, 4.69) is 19.4 Å². The Balaban J connectivity index is 1.97. The third-order valence-corrected chi connectivity index (χ3v) is 2.74. The molecule has 7 nitrogen and oxygen atoms in total. The van der Waals surface area contributed by atoms with E-state index in [4.69, 9.17) is 4.74 Å². The molecule has 1 aromatic carbocycles. The molecule has 2 aromatic rings. The Bertz CT molecular complexity index is 583. The van der Waals surface area contributed by atoms with Gasteiger partial charge in [0.15, 0.2) is 0 Å². The second kappa shape index (κ2) is 6.62. The van der Waals surface area contributed by atoms with Gasteiger partial charge in [-0.1, -0.05) is 0 Å². The highest BCUT2D eigenvalue weighted by Gasteiger charge is 2.09. The summed E-state index contributed by atoms with van der Waals surface area (Å²) < 4.78 is 13.3. The number of rotatable bonds is 4. The largest absolute Gasteiger partial charge is 0.513 e. The first-order chi connectivity index (χ1) is 9.69. The molecular formula is C12H11N3O4S. The smallest absolute Gasteiger partial charge is 0.434 e. The SMILES string of the molecule is CCOC(=O)Oc1ccc(C(=O)Nc2ncns2)cc1. The molecule has 1 N–H and O–H groups in total. The maximum Gasteiger partial charge on any atom is 0.513 e. The van der Waals surface area contributed by atoms with E-state index in [0.29, 0.717) is 16.4 Å². The van der Waals surface area contributed by atoms with Crippen molar-refractivity contribution >= 4 is 28.7 Å². The Morgan fingerprint density at radius 3 is 2.65 bits per heavy atom. The number of anilines is 1. The zero-order valence-electron chi connectivity index (χ0n) is 10.5. The molecule has 0 fully saturated rings. The second-order valence-electron chi connectivity index (χ2n) is 3.51. The summed E-state index contributed by atoms with van der Waals surface area (Å²) in [5.74, 6) is -0.0136. The molecule has 0 atom stereocenters. The molecule has 0 spiro atoms. The molecular weight excluding hydrogens is 282 g/mol. The maximum atomic E-state index is 11.8. The van der Waals surface area contributed by atoms with Crippen molar-refractivity contribution in [3.63, 3.8) is 0 Å². The van der Waals surface area contributed by atoms with E-state index in [-0.39, 0.29) is 12.5 Å². The van der Waals surface area contributed by atoms with Gasteiger partial charge in [-0.25, -0.2) is 9.78 Å². The van der Waals surface area contributed by atoms with Gasteiger partial charge in [0.05, 0.1) is 6.61 Å². The molecule has 104 valence electrons. The first-order valence-electron chi connectivity index (χ1n) is 5.71. The molecule has 1 heterocycles. The molecule has 0 aliphatic carbocycles. The van der Waals surface area contributed by atoms with Crippen LogP contribution in [0.2, 0.25) is 0 Å². The lowest BCUT2D eigenvalue weighted by atomic mass is 10.2. The Labute approximate surface area is 118 Å². The van der Waals surface area contributed by atoms with Crippen LogP contribution in [0.1, 0.15) is 17.3 Å². The van der Waals surface area contributed by atoms with Crippen LogP contribution in [0.25, 0.3) is 0 Å². The van der Waals surface area contributed by atoms with E-state index in [9.17, 15) is 9.59 Å². The quantitative estimate of drug-likeness (QED) is 0.687. The Morgan fingerprint density at radius 2 is 2.05 bits per heavy atom. The standard InChI is InChI=1S/C12H11N3O4S/c1-2-18-12(17)19-9-5-3-8(4-6-9)10(16)15-11-13-7-14-20-11/h3-7H,2H2,1H3,(H,13,14,15,16). The highest BCUT2D eigenvalue weighted by Crippen LogP contribution is 2.15. The second-order valence-corrected chi connectivity index (χ2v) is 4.29. The number of carbonyl (C=O) groups is 2. The number of aromatic nitrogens is 2. The van der Waals surface area contributed by atoms with Gasteiger partial charge >= 0.3 is 6.16 Å². The fourth-order valence-corrected chi connectivity index (χ4v) is 1.74. The third-order valence-electron chi connectivity index (χ3n) is 2.16. The van der Waals surface area contributed by atoms with E-state index in [1.54, 1.807) is 6.92 Å². The van der Waals surface area contributed by atoms with Gasteiger partial charge in [0, 0.05) is 17.1 Å². The Kier molecular flexibility index (Phi) is 4.61. The molecule has 2 rings (SSSR count). The van der Waals surface area contributed by atoms with E-state index in [1.165, 1.54) is 30.6 Å². The normalized spacial score (nSPS) is 9.85. The van der Waals surface area contributed by atoms with Gasteiger partial charge in [0.25, 0.3) is 5.91 Å². The van der Waals surface area contributed by atoms with Gasteiger partial charge in [-0.2, -0.15) is 4.37 Å². The van der Waals surface area contributed by atoms with Crippen LogP contribution in [-0.2, 0) is 4.74 Å². The van der Waals surface area contributed by atoms with Crippen LogP contribution in [0.4, 0.5) is 9.93 Å². The van der Waals surface area contributed by atoms with Crippen molar-refractivity contribution in [3.05, 3.63) is 36.2 Å². The molecule has 8 heteroatoms. The zero-order chi connectivity index (χ0) is 14.4. The third kappa shape index (κ3) is 3.75. The van der Waals surface area contributed by atoms with Crippen molar-refractivity contribution in [1.29, 1.82) is 0 Å². The summed E-state index contributed by atoms with van der Waals surface area (Å²) in [6.07, 6.45) is 0.579. The van der Waals surface area contributed by atoms with Gasteiger partial charge in [0.1, 0.15) is 12.1 Å². The van der Waals surface area contributed by atoms with Crippen LogP contribution in [0.5, 0.6) is 5.75 Å². The predicted octanol–water partition coefficient (Wildman–Crippen LogP) is 2.33. The monoisotopic (exact) mass is 293 g/mol. The molecule has 0 bridgehead atoms. The summed E-state index contributed by atoms with van der Waals surface area (Å²) in [4.78, 5) is 26.8. The molecule has 0 aliphatic heterocycles. The number of nitrogens with zero attached hydrogens (tertiary/aromatic N) is 2. The molecule has 0 unspecified atom stereocenters. The number of nitrogens with one attached hydrogen (secondary N) is 1. The summed E-state index contributed by atoms with van der Waals surface area (Å²) in [7, 11) is 0. The Hall–Kier alpha value is -2.48. The molecule has 0 saturated heterocycles. The summed E-state index contributed by atoms with van der Waals surface area (Å²) in [6.45, 7) is 1.92. The topological polar surface area (TPSA) is 90.4 Å². The van der Waals surface area contributed by atoms with Gasteiger partial charge < -0.3 is 9.47 Å². The fraction of sp³-hybridized carbons (Fsp3) is 0.167. The highest BCUT2D eigenvalue weighted by molar-refractivity contribution is 7.09. The van der Waals surface area contributed by atoms with Gasteiger partial charge in [-0.15, -0.1) is 0 Å². The highest BCUT2D eigenvalue weighted by atomic mass is 32.1. The number of hydrogen-bond acceptors (Lipinski definition) is 7. The fourth-order valence-electron chi connectivity index (χ4n) is 1.32. The van der Waals surface area contributed by atoms with Crippen molar-refractivity contribution in [2.75, 3.05) is 11.9 Å². The zero-order valence-corrected chi connectivity index (χ0v) is 11.3. The first kappa shape index (κ1) is 13.9. The van der Waals surface area contributed by atoms with Crippen LogP contribution in [0, 0.1) is 0 Å². The van der Waals surface area contributed by atoms with Gasteiger partial charge in [0.2, 0.25) is 5.13 Å². The summed E-state index contributed by atoms with van der Waals surface area (Å²) in [5.41, 5.74) is 0.413. The summed E-state index contributed by atoms with van der Waals surface area (Å²) >= 11 is 1.08. The number of ether oxygens (including phenoxy) is 2. The molecule has 0 saturated carbocycles. The number of amides is 1. The minimum absolute atomic E-state index is 0.237. The number of carbonyl (C=O) groups excluding carboxylic acids is 2. The van der Waals surface area contributed by atoms with Crippen LogP contribution < -0.4 is 10.1 Å². The Morgan fingerprint density at radius 1 is 1.30 bits per heavy atom. The molecule has 1 aromatic heterocycles. The van der Waals surface area contributed by atoms with Crippen molar-refractivity contribution in [2.45, 2.75) is 6.92 Å². The first-order valence-corrected chi connectivity index (χ1v) is 6.49. The number of benzene rings is 1. The maximum absolute atomic E-state index is 11.8. The van der Waals surface area contributed by atoms with Crippen molar-refractivity contribution in [3.8, 4) is 5.75 Å². The van der Waals surface area contributed by atoms with Crippen molar-refractivity contribution < 1.29 is 19.1 Å². The average molecular weight is 293 g/mol. The summed E-state index contributed by atoms with van der Waals surface area (Å²) in [5, 5.41) is 3.01. The average Bonchev–Trinajstić information content (AvgIpc) is 2.92. The lowest BCUT2D eigenvalue weighted by molar-refractivity contribution is 0.102. The molecule has 1 amide bonds. The van der Waals surface area contributed by atoms with E-state index < -0.39 is 6.16 Å². The van der Waals surface area contributed by atoms with Crippen LogP contribution in [-0.4, -0.2) is 28.0 Å². The number of hydrogen-bond donors (Lipinski definition) is 1. The van der Waals surface area contributed by atoms with Crippen molar-refractivity contribution in [1.82, 2.24) is 9.36 Å². The lowest BCUT2D eigenvalue weighted by Crippen LogP contribution is -2.12. The van der Waals surface area contributed by atoms with Gasteiger partial charge in [-0.3, -0.25) is 10.1 Å². The predicted molar refractivity (Wildman–Crippen MR) is 72.0 cm³/mol. The van der Waals surface area contributed by atoms with Crippen LogP contribution >= 0.6 is 11.5 Å². The van der Waals surface area contributed by atoms with Crippen LogP contribution in [0.15, 0.2) is 30.6 Å². The lowest BCUT2D eigenvalue weighted by Gasteiger charge is -2.05. The van der Waals surface area contributed by atoms with E-state index in [1.807, 2.05) is 0 Å². The minimum atomic E-state index is -0.779.